The third-order valence-electron chi connectivity index (χ3n) is 5.36. The number of thiazole rings is 1. The molecule has 0 saturated heterocycles. The highest BCUT2D eigenvalue weighted by Gasteiger charge is 2.25. The van der Waals surface area contributed by atoms with Crippen LogP contribution in [0.15, 0.2) is 35.7 Å². The molecule has 1 aliphatic carbocycles. The van der Waals surface area contributed by atoms with Crippen molar-refractivity contribution in [1.82, 2.24) is 9.55 Å². The Hall–Kier alpha value is -2.67. The second-order valence-corrected chi connectivity index (χ2v) is 8.08. The Morgan fingerprint density at radius 2 is 1.96 bits per heavy atom. The van der Waals surface area contributed by atoms with Crippen LogP contribution in [0.3, 0.4) is 0 Å². The van der Waals surface area contributed by atoms with Gasteiger partial charge in [0.1, 0.15) is 5.82 Å². The molecule has 5 nitrogen and oxygen atoms in total. The van der Waals surface area contributed by atoms with Gasteiger partial charge in [-0.05, 0) is 50.1 Å². The summed E-state index contributed by atoms with van der Waals surface area (Å²) >= 11 is 1.48. The van der Waals surface area contributed by atoms with Gasteiger partial charge >= 0.3 is 0 Å². The lowest BCUT2D eigenvalue weighted by Crippen LogP contribution is -2.17. The quantitative estimate of drug-likeness (QED) is 0.604. The molecule has 1 amide bonds. The molecule has 1 aromatic carbocycles. The van der Waals surface area contributed by atoms with Gasteiger partial charge in [0.2, 0.25) is 0 Å². The van der Waals surface area contributed by atoms with Gasteiger partial charge < -0.3 is 15.6 Å². The molecule has 1 saturated carbocycles. The summed E-state index contributed by atoms with van der Waals surface area (Å²) in [6.45, 7) is 1.96. The van der Waals surface area contributed by atoms with Crippen LogP contribution in [0.4, 0.5) is 15.2 Å². The van der Waals surface area contributed by atoms with Gasteiger partial charge in [0.15, 0.2) is 5.13 Å². The van der Waals surface area contributed by atoms with Crippen LogP contribution in [0.2, 0.25) is 0 Å². The lowest BCUT2D eigenvalue weighted by atomic mass is 9.95. The van der Waals surface area contributed by atoms with Crippen LogP contribution in [-0.4, -0.2) is 15.5 Å². The van der Waals surface area contributed by atoms with Crippen LogP contribution in [-0.2, 0) is 0 Å². The Labute approximate surface area is 167 Å². The molecule has 3 aromatic rings. The maximum atomic E-state index is 13.1. The second-order valence-electron chi connectivity index (χ2n) is 7.22. The summed E-state index contributed by atoms with van der Waals surface area (Å²) in [6.07, 6.45) is 5.86. The van der Waals surface area contributed by atoms with Crippen molar-refractivity contribution in [3.63, 3.8) is 0 Å². The number of primary amides is 1. The van der Waals surface area contributed by atoms with E-state index in [1.807, 2.05) is 18.4 Å². The van der Waals surface area contributed by atoms with Crippen LogP contribution >= 0.6 is 11.3 Å². The summed E-state index contributed by atoms with van der Waals surface area (Å²) in [5, 5.41) is 5.90. The SMILES string of the molecule is Cc1c(C(N)=O)cc(-c2csc(Nc3ccc(F)cc3)n2)n1C1CCCCC1. The first-order chi connectivity index (χ1) is 13.5. The molecule has 1 aliphatic rings. The molecule has 2 aromatic heterocycles. The lowest BCUT2D eigenvalue weighted by Gasteiger charge is -2.26. The topological polar surface area (TPSA) is 72.9 Å². The molecular weight excluding hydrogens is 375 g/mol. The van der Waals surface area contributed by atoms with Gasteiger partial charge in [-0.25, -0.2) is 9.37 Å². The third-order valence-corrected chi connectivity index (χ3v) is 6.12. The van der Waals surface area contributed by atoms with E-state index in [4.69, 9.17) is 10.7 Å². The maximum Gasteiger partial charge on any atom is 0.250 e. The first-order valence-electron chi connectivity index (χ1n) is 9.53. The number of amides is 1. The van der Waals surface area contributed by atoms with Crippen LogP contribution in [0.1, 0.15) is 54.2 Å². The van der Waals surface area contributed by atoms with E-state index in [9.17, 15) is 9.18 Å². The van der Waals surface area contributed by atoms with E-state index in [2.05, 4.69) is 9.88 Å². The van der Waals surface area contributed by atoms with Crippen molar-refractivity contribution in [3.8, 4) is 11.4 Å². The van der Waals surface area contributed by atoms with Crippen LogP contribution in [0.25, 0.3) is 11.4 Å². The molecular formula is C21H23FN4OS. The van der Waals surface area contributed by atoms with Crippen molar-refractivity contribution in [1.29, 1.82) is 0 Å². The number of nitrogens with two attached hydrogens (primary N) is 1. The fraction of sp³-hybridized carbons (Fsp3) is 0.333. The molecule has 1 fully saturated rings. The highest BCUT2D eigenvalue weighted by atomic mass is 32.1. The van der Waals surface area contributed by atoms with E-state index in [1.165, 1.54) is 42.7 Å². The minimum Gasteiger partial charge on any atom is -0.366 e. The highest BCUT2D eigenvalue weighted by molar-refractivity contribution is 7.14. The number of anilines is 2. The molecule has 0 atom stereocenters. The number of halogens is 1. The smallest absolute Gasteiger partial charge is 0.250 e. The Bertz CT molecular complexity index is 987. The van der Waals surface area contributed by atoms with Crippen LogP contribution in [0, 0.1) is 12.7 Å². The zero-order valence-corrected chi connectivity index (χ0v) is 16.6. The van der Waals surface area contributed by atoms with Gasteiger partial charge in [-0.15, -0.1) is 11.3 Å². The van der Waals surface area contributed by atoms with Crippen molar-refractivity contribution in [3.05, 3.63) is 52.8 Å². The molecule has 28 heavy (non-hydrogen) atoms. The first-order valence-corrected chi connectivity index (χ1v) is 10.4. The maximum absolute atomic E-state index is 13.1. The Kier molecular flexibility index (Phi) is 5.17. The fourth-order valence-electron chi connectivity index (χ4n) is 3.98. The molecule has 3 N–H and O–H groups in total. The zero-order chi connectivity index (χ0) is 19.7. The van der Waals surface area contributed by atoms with Gasteiger partial charge in [0, 0.05) is 22.8 Å². The molecule has 4 rings (SSSR count). The van der Waals surface area contributed by atoms with Crippen LogP contribution in [0.5, 0.6) is 0 Å². The third kappa shape index (κ3) is 3.67. The number of nitrogens with one attached hydrogen (secondary N) is 1. The zero-order valence-electron chi connectivity index (χ0n) is 15.7. The van der Waals surface area contributed by atoms with Crippen molar-refractivity contribution in [2.24, 2.45) is 5.73 Å². The molecule has 0 radical (unpaired) electrons. The van der Waals surface area contributed by atoms with E-state index in [0.717, 1.165) is 40.7 Å². The molecule has 146 valence electrons. The number of carbonyl (C=O) groups is 1. The average molecular weight is 399 g/mol. The molecule has 0 spiro atoms. The average Bonchev–Trinajstić information content (AvgIpc) is 3.28. The van der Waals surface area contributed by atoms with Gasteiger partial charge in [0.05, 0.1) is 17.0 Å². The van der Waals surface area contributed by atoms with Gasteiger partial charge in [-0.2, -0.15) is 0 Å². The van der Waals surface area contributed by atoms with E-state index in [1.54, 1.807) is 12.1 Å². The van der Waals surface area contributed by atoms with Crippen molar-refractivity contribution >= 4 is 28.1 Å². The predicted octanol–water partition coefficient (Wildman–Crippen LogP) is 5.41. The number of hydrogen-bond acceptors (Lipinski definition) is 4. The van der Waals surface area contributed by atoms with Gasteiger partial charge in [-0.1, -0.05) is 19.3 Å². The Morgan fingerprint density at radius 1 is 1.25 bits per heavy atom. The van der Waals surface area contributed by atoms with E-state index < -0.39 is 5.91 Å². The molecule has 2 heterocycles. The van der Waals surface area contributed by atoms with E-state index in [0.29, 0.717) is 11.6 Å². The molecule has 7 heteroatoms. The fourth-order valence-corrected chi connectivity index (χ4v) is 4.71. The summed E-state index contributed by atoms with van der Waals surface area (Å²) in [7, 11) is 0. The monoisotopic (exact) mass is 398 g/mol. The highest BCUT2D eigenvalue weighted by Crippen LogP contribution is 2.37. The van der Waals surface area contributed by atoms with Crippen molar-refractivity contribution in [2.45, 2.75) is 45.1 Å². The number of aromatic nitrogens is 2. The van der Waals surface area contributed by atoms with E-state index in [-0.39, 0.29) is 5.82 Å². The number of benzene rings is 1. The summed E-state index contributed by atoms with van der Waals surface area (Å²) in [5.41, 5.74) is 9.60. The molecule has 0 aliphatic heterocycles. The Balaban J connectivity index is 1.68. The minimum atomic E-state index is -0.409. The van der Waals surface area contributed by atoms with Gasteiger partial charge in [-0.3, -0.25) is 4.79 Å². The largest absolute Gasteiger partial charge is 0.366 e. The van der Waals surface area contributed by atoms with Gasteiger partial charge in [0.25, 0.3) is 5.91 Å². The van der Waals surface area contributed by atoms with Crippen molar-refractivity contribution in [2.75, 3.05) is 5.32 Å². The number of hydrogen-bond donors (Lipinski definition) is 2. The van der Waals surface area contributed by atoms with E-state index >= 15 is 0 Å². The number of rotatable bonds is 5. The normalized spacial score (nSPS) is 14.9. The first kappa shape index (κ1) is 18.7. The summed E-state index contributed by atoms with van der Waals surface area (Å²) < 4.78 is 15.3. The minimum absolute atomic E-state index is 0.273. The number of nitrogens with zero attached hydrogens (tertiary/aromatic N) is 2. The summed E-state index contributed by atoms with van der Waals surface area (Å²) in [6, 6.07) is 8.41. The standard InChI is InChI=1S/C21H23FN4OS/c1-13-17(20(23)27)11-19(26(13)16-5-3-2-4-6-16)18-12-28-21(25-18)24-15-9-7-14(22)8-10-15/h7-12,16H,2-6H2,1H3,(H2,23,27)(H,24,25). The molecule has 0 unspecified atom stereocenters. The number of carbonyl (C=O) groups excluding carboxylic acids is 1. The summed E-state index contributed by atoms with van der Waals surface area (Å²) in [4.78, 5) is 16.6. The predicted molar refractivity (Wildman–Crippen MR) is 111 cm³/mol. The van der Waals surface area contributed by atoms with Crippen molar-refractivity contribution < 1.29 is 9.18 Å². The summed E-state index contributed by atoms with van der Waals surface area (Å²) in [5.74, 6) is -0.682. The molecule has 0 bridgehead atoms. The second kappa shape index (κ2) is 7.75. The van der Waals surface area contributed by atoms with Crippen LogP contribution < -0.4 is 11.1 Å². The lowest BCUT2D eigenvalue weighted by molar-refractivity contribution is 0.0999. The Morgan fingerprint density at radius 3 is 2.64 bits per heavy atom.